The molecule has 20 heavy (non-hydrogen) atoms. The van der Waals surface area contributed by atoms with E-state index in [1.165, 1.54) is 4.90 Å². The third kappa shape index (κ3) is 4.03. The second-order valence-corrected chi connectivity index (χ2v) is 5.17. The van der Waals surface area contributed by atoms with Crippen molar-refractivity contribution in [3.05, 3.63) is 54.6 Å². The number of para-hydroxylation sites is 1. The van der Waals surface area contributed by atoms with Gasteiger partial charge in [0.15, 0.2) is 6.10 Å². The Kier molecular flexibility index (Phi) is 5.07. The highest BCUT2D eigenvalue weighted by Gasteiger charge is 2.14. The van der Waals surface area contributed by atoms with Crippen molar-refractivity contribution in [3.63, 3.8) is 0 Å². The predicted octanol–water partition coefficient (Wildman–Crippen LogP) is 3.81. The standard InChI is InChI=1S/C16H17NO2S/c1-12(16(18)17-13-6-4-3-5-7-13)19-14-8-10-15(20-2)11-9-14/h3-12H,1-2H3,(H,17,18). The van der Waals surface area contributed by atoms with Crippen molar-refractivity contribution in [2.24, 2.45) is 0 Å². The lowest BCUT2D eigenvalue weighted by Crippen LogP contribution is -2.30. The van der Waals surface area contributed by atoms with Crippen LogP contribution in [-0.4, -0.2) is 18.3 Å². The summed E-state index contributed by atoms with van der Waals surface area (Å²) in [6.07, 6.45) is 1.47. The lowest BCUT2D eigenvalue weighted by molar-refractivity contribution is -0.122. The number of thioether (sulfide) groups is 1. The molecule has 3 nitrogen and oxygen atoms in total. The van der Waals surface area contributed by atoms with Gasteiger partial charge in [0, 0.05) is 10.6 Å². The van der Waals surface area contributed by atoms with Crippen LogP contribution in [0.3, 0.4) is 0 Å². The molecule has 1 amide bonds. The van der Waals surface area contributed by atoms with E-state index >= 15 is 0 Å². The molecule has 0 fully saturated rings. The Hall–Kier alpha value is -1.94. The topological polar surface area (TPSA) is 38.3 Å². The molecule has 2 aromatic carbocycles. The van der Waals surface area contributed by atoms with Crippen molar-refractivity contribution in [2.75, 3.05) is 11.6 Å². The highest BCUT2D eigenvalue weighted by molar-refractivity contribution is 7.98. The summed E-state index contributed by atoms with van der Waals surface area (Å²) in [5, 5.41) is 2.82. The summed E-state index contributed by atoms with van der Waals surface area (Å²) in [6, 6.07) is 17.0. The number of benzene rings is 2. The third-order valence-electron chi connectivity index (χ3n) is 2.78. The molecular formula is C16H17NO2S. The van der Waals surface area contributed by atoms with Gasteiger partial charge in [-0.05, 0) is 49.6 Å². The fraction of sp³-hybridized carbons (Fsp3) is 0.188. The summed E-state index contributed by atoms with van der Waals surface area (Å²) in [6.45, 7) is 1.74. The van der Waals surface area contributed by atoms with Crippen LogP contribution in [0.1, 0.15) is 6.92 Å². The Bertz CT molecular complexity index is 554. The molecule has 1 atom stereocenters. The fourth-order valence-corrected chi connectivity index (χ4v) is 2.09. The lowest BCUT2D eigenvalue weighted by Gasteiger charge is -2.15. The molecule has 1 N–H and O–H groups in total. The summed E-state index contributed by atoms with van der Waals surface area (Å²) in [5.41, 5.74) is 0.769. The van der Waals surface area contributed by atoms with Gasteiger partial charge < -0.3 is 10.1 Å². The minimum absolute atomic E-state index is 0.162. The highest BCUT2D eigenvalue weighted by atomic mass is 32.2. The molecular weight excluding hydrogens is 270 g/mol. The number of anilines is 1. The molecule has 0 heterocycles. The molecule has 1 unspecified atom stereocenters. The van der Waals surface area contributed by atoms with Crippen LogP contribution in [0.2, 0.25) is 0 Å². The maximum Gasteiger partial charge on any atom is 0.265 e. The van der Waals surface area contributed by atoms with Crippen LogP contribution in [-0.2, 0) is 4.79 Å². The van der Waals surface area contributed by atoms with Gasteiger partial charge in [0.05, 0.1) is 0 Å². The van der Waals surface area contributed by atoms with Gasteiger partial charge >= 0.3 is 0 Å². The van der Waals surface area contributed by atoms with Gasteiger partial charge in [-0.2, -0.15) is 0 Å². The van der Waals surface area contributed by atoms with E-state index in [9.17, 15) is 4.79 Å². The quantitative estimate of drug-likeness (QED) is 0.850. The summed E-state index contributed by atoms with van der Waals surface area (Å²) in [5.74, 6) is 0.531. The van der Waals surface area contributed by atoms with Crippen molar-refractivity contribution < 1.29 is 9.53 Å². The fourth-order valence-electron chi connectivity index (χ4n) is 1.68. The van der Waals surface area contributed by atoms with Gasteiger partial charge in [0.25, 0.3) is 5.91 Å². The first-order valence-electron chi connectivity index (χ1n) is 6.35. The van der Waals surface area contributed by atoms with Gasteiger partial charge in [0.1, 0.15) is 5.75 Å². The Morgan fingerprint density at radius 1 is 1.10 bits per heavy atom. The molecule has 0 saturated carbocycles. The lowest BCUT2D eigenvalue weighted by atomic mass is 10.3. The zero-order valence-electron chi connectivity index (χ0n) is 11.5. The van der Waals surface area contributed by atoms with E-state index in [2.05, 4.69) is 5.32 Å². The van der Waals surface area contributed by atoms with Crippen molar-refractivity contribution in [1.82, 2.24) is 0 Å². The van der Waals surface area contributed by atoms with Gasteiger partial charge in [-0.3, -0.25) is 4.79 Å². The molecule has 0 bridgehead atoms. The van der Waals surface area contributed by atoms with E-state index < -0.39 is 6.10 Å². The van der Waals surface area contributed by atoms with E-state index in [4.69, 9.17) is 4.74 Å². The number of nitrogens with one attached hydrogen (secondary N) is 1. The normalized spacial score (nSPS) is 11.7. The van der Waals surface area contributed by atoms with Crippen LogP contribution in [0.4, 0.5) is 5.69 Å². The smallest absolute Gasteiger partial charge is 0.265 e. The highest BCUT2D eigenvalue weighted by Crippen LogP contribution is 2.20. The van der Waals surface area contributed by atoms with Crippen molar-refractivity contribution in [2.45, 2.75) is 17.9 Å². The number of amides is 1. The van der Waals surface area contributed by atoms with Crippen molar-refractivity contribution in [3.8, 4) is 5.75 Å². The number of ether oxygens (including phenoxy) is 1. The predicted molar refractivity (Wildman–Crippen MR) is 83.4 cm³/mol. The van der Waals surface area contributed by atoms with Crippen LogP contribution in [0, 0.1) is 0 Å². The maximum absolute atomic E-state index is 12.0. The maximum atomic E-state index is 12.0. The molecule has 0 aliphatic rings. The molecule has 4 heteroatoms. The molecule has 2 aromatic rings. The summed E-state index contributed by atoms with van der Waals surface area (Å²) in [7, 11) is 0. The van der Waals surface area contributed by atoms with Crippen LogP contribution >= 0.6 is 11.8 Å². The van der Waals surface area contributed by atoms with Crippen molar-refractivity contribution in [1.29, 1.82) is 0 Å². The second-order valence-electron chi connectivity index (χ2n) is 4.29. The Balaban J connectivity index is 1.93. The Morgan fingerprint density at radius 3 is 2.35 bits per heavy atom. The molecule has 0 aliphatic heterocycles. The average molecular weight is 287 g/mol. The average Bonchev–Trinajstić information content (AvgIpc) is 2.49. The van der Waals surface area contributed by atoms with E-state index in [1.807, 2.05) is 60.9 Å². The first-order valence-corrected chi connectivity index (χ1v) is 7.58. The third-order valence-corrected chi connectivity index (χ3v) is 3.53. The summed E-state index contributed by atoms with van der Waals surface area (Å²) >= 11 is 1.67. The summed E-state index contributed by atoms with van der Waals surface area (Å²) < 4.78 is 5.63. The van der Waals surface area contributed by atoms with Gasteiger partial charge in [-0.15, -0.1) is 11.8 Å². The minimum Gasteiger partial charge on any atom is -0.481 e. The number of hydrogen-bond donors (Lipinski definition) is 1. The van der Waals surface area contributed by atoms with Crippen molar-refractivity contribution >= 4 is 23.4 Å². The van der Waals surface area contributed by atoms with Gasteiger partial charge in [-0.25, -0.2) is 0 Å². The largest absolute Gasteiger partial charge is 0.481 e. The Morgan fingerprint density at radius 2 is 1.75 bits per heavy atom. The van der Waals surface area contributed by atoms with E-state index in [0.717, 1.165) is 5.69 Å². The zero-order valence-corrected chi connectivity index (χ0v) is 12.3. The molecule has 2 rings (SSSR count). The molecule has 0 aliphatic carbocycles. The first kappa shape index (κ1) is 14.5. The van der Waals surface area contributed by atoms with Crippen LogP contribution in [0.15, 0.2) is 59.5 Å². The van der Waals surface area contributed by atoms with Crippen LogP contribution in [0.5, 0.6) is 5.75 Å². The Labute approximate surface area is 123 Å². The second kappa shape index (κ2) is 7.01. The number of carbonyl (C=O) groups is 1. The van der Waals surface area contributed by atoms with Crippen LogP contribution in [0.25, 0.3) is 0 Å². The molecule has 0 saturated heterocycles. The zero-order chi connectivity index (χ0) is 14.4. The van der Waals surface area contributed by atoms with E-state index in [1.54, 1.807) is 18.7 Å². The SMILES string of the molecule is CSc1ccc(OC(C)C(=O)Nc2ccccc2)cc1. The van der Waals surface area contributed by atoms with E-state index in [-0.39, 0.29) is 5.91 Å². The van der Waals surface area contributed by atoms with Gasteiger partial charge in [0.2, 0.25) is 0 Å². The van der Waals surface area contributed by atoms with Crippen LogP contribution < -0.4 is 10.1 Å². The first-order chi connectivity index (χ1) is 9.69. The number of carbonyl (C=O) groups excluding carboxylic acids is 1. The minimum atomic E-state index is -0.546. The number of rotatable bonds is 5. The summed E-state index contributed by atoms with van der Waals surface area (Å²) in [4.78, 5) is 13.2. The molecule has 0 radical (unpaired) electrons. The van der Waals surface area contributed by atoms with E-state index in [0.29, 0.717) is 5.75 Å². The monoisotopic (exact) mass is 287 g/mol. The number of hydrogen-bond acceptors (Lipinski definition) is 3. The molecule has 0 spiro atoms. The van der Waals surface area contributed by atoms with Gasteiger partial charge in [-0.1, -0.05) is 18.2 Å². The molecule has 0 aromatic heterocycles. The molecule has 104 valence electrons.